The molecule has 1 saturated carbocycles. The van der Waals surface area contributed by atoms with E-state index in [1.807, 2.05) is 13.1 Å². The van der Waals surface area contributed by atoms with E-state index in [1.54, 1.807) is 0 Å². The number of aromatic nitrogens is 2. The maximum absolute atomic E-state index is 10.5. The predicted molar refractivity (Wildman–Crippen MR) is 82.1 cm³/mol. The summed E-state index contributed by atoms with van der Waals surface area (Å²) >= 11 is 0. The van der Waals surface area contributed by atoms with E-state index in [4.69, 9.17) is 0 Å². The molecule has 5 nitrogen and oxygen atoms in total. The molecule has 112 valence electrons. The van der Waals surface area contributed by atoms with Gasteiger partial charge in [-0.1, -0.05) is 26.2 Å². The van der Waals surface area contributed by atoms with Crippen molar-refractivity contribution in [3.05, 3.63) is 11.9 Å². The molecule has 1 aliphatic carbocycles. The van der Waals surface area contributed by atoms with Crippen molar-refractivity contribution in [2.45, 2.75) is 57.5 Å². The largest absolute Gasteiger partial charge is 0.388 e. The molecule has 0 radical (unpaired) electrons. The number of rotatable bonds is 6. The van der Waals surface area contributed by atoms with E-state index in [2.05, 4.69) is 27.5 Å². The number of aliphatic hydroxyl groups is 1. The highest BCUT2D eigenvalue weighted by Gasteiger charge is 2.28. The lowest BCUT2D eigenvalue weighted by molar-refractivity contribution is 0.0166. The van der Waals surface area contributed by atoms with Crippen molar-refractivity contribution >= 4 is 11.6 Å². The van der Waals surface area contributed by atoms with Crippen molar-refractivity contribution in [3.8, 4) is 0 Å². The molecule has 0 atom stereocenters. The maximum Gasteiger partial charge on any atom is 0.133 e. The van der Waals surface area contributed by atoms with E-state index >= 15 is 0 Å². The van der Waals surface area contributed by atoms with Crippen molar-refractivity contribution in [2.75, 3.05) is 24.2 Å². The summed E-state index contributed by atoms with van der Waals surface area (Å²) in [5.74, 6) is 2.46. The highest BCUT2D eigenvalue weighted by atomic mass is 16.3. The summed E-state index contributed by atoms with van der Waals surface area (Å²) in [5, 5.41) is 16.9. The van der Waals surface area contributed by atoms with Gasteiger partial charge in [-0.25, -0.2) is 9.97 Å². The molecular weight excluding hydrogens is 252 g/mol. The molecule has 1 aromatic rings. The molecule has 1 aliphatic rings. The number of hydrogen-bond donors (Lipinski definition) is 3. The molecule has 0 saturated heterocycles. The van der Waals surface area contributed by atoms with Gasteiger partial charge in [0.15, 0.2) is 0 Å². The Balaban J connectivity index is 2.02. The summed E-state index contributed by atoms with van der Waals surface area (Å²) < 4.78 is 0. The molecule has 0 amide bonds. The lowest BCUT2D eigenvalue weighted by Crippen LogP contribution is -2.39. The molecule has 3 N–H and O–H groups in total. The first-order valence-corrected chi connectivity index (χ1v) is 7.67. The standard InChI is InChI=1S/C15H26N4O/c1-3-7-12-18-13(16-2)10-14(19-12)17-11-15(20)8-5-4-6-9-15/h10,20H,3-9,11H2,1-2H3,(H2,16,17,18,19). The predicted octanol–water partition coefficient (Wildman–Crippen LogP) is 2.58. The Morgan fingerprint density at radius 3 is 2.55 bits per heavy atom. The third-order valence-electron chi connectivity index (χ3n) is 3.89. The van der Waals surface area contributed by atoms with Crippen LogP contribution in [-0.4, -0.2) is 34.3 Å². The Hall–Kier alpha value is -1.36. The van der Waals surface area contributed by atoms with Gasteiger partial charge in [-0.2, -0.15) is 0 Å². The van der Waals surface area contributed by atoms with Gasteiger partial charge in [0.1, 0.15) is 17.5 Å². The number of anilines is 2. The van der Waals surface area contributed by atoms with Crippen molar-refractivity contribution in [1.29, 1.82) is 0 Å². The summed E-state index contributed by atoms with van der Waals surface area (Å²) in [7, 11) is 1.86. The van der Waals surface area contributed by atoms with Crippen LogP contribution in [0.4, 0.5) is 11.6 Å². The van der Waals surface area contributed by atoms with Crippen molar-refractivity contribution < 1.29 is 5.11 Å². The van der Waals surface area contributed by atoms with E-state index in [0.717, 1.165) is 56.0 Å². The first kappa shape index (κ1) is 15.0. The lowest BCUT2D eigenvalue weighted by Gasteiger charge is -2.32. The van der Waals surface area contributed by atoms with Crippen molar-refractivity contribution in [2.24, 2.45) is 0 Å². The zero-order chi connectivity index (χ0) is 14.4. The fourth-order valence-corrected chi connectivity index (χ4v) is 2.69. The van der Waals surface area contributed by atoms with Gasteiger partial charge in [0.2, 0.25) is 0 Å². The molecule has 0 aromatic carbocycles. The Kier molecular flexibility index (Phi) is 5.17. The highest BCUT2D eigenvalue weighted by Crippen LogP contribution is 2.28. The number of hydrogen-bond acceptors (Lipinski definition) is 5. The van der Waals surface area contributed by atoms with E-state index in [1.165, 1.54) is 6.42 Å². The lowest BCUT2D eigenvalue weighted by atomic mass is 9.85. The SMILES string of the molecule is CCCc1nc(NC)cc(NCC2(O)CCCCC2)n1. The zero-order valence-corrected chi connectivity index (χ0v) is 12.6. The molecule has 2 rings (SSSR count). The highest BCUT2D eigenvalue weighted by molar-refractivity contribution is 5.47. The first-order chi connectivity index (χ1) is 9.65. The van der Waals surface area contributed by atoms with Crippen LogP contribution in [0.3, 0.4) is 0 Å². The third-order valence-corrected chi connectivity index (χ3v) is 3.89. The molecule has 0 spiro atoms. The van der Waals surface area contributed by atoms with E-state index in [-0.39, 0.29) is 0 Å². The average molecular weight is 278 g/mol. The number of aryl methyl sites for hydroxylation is 1. The third kappa shape index (κ3) is 4.07. The van der Waals surface area contributed by atoms with Gasteiger partial charge in [-0.3, -0.25) is 0 Å². The minimum absolute atomic E-state index is 0.568. The summed E-state index contributed by atoms with van der Waals surface area (Å²) in [6.07, 6.45) is 7.12. The minimum atomic E-state index is -0.575. The van der Waals surface area contributed by atoms with Gasteiger partial charge in [-0.05, 0) is 19.3 Å². The van der Waals surface area contributed by atoms with E-state index in [0.29, 0.717) is 6.54 Å². The second kappa shape index (κ2) is 6.88. The van der Waals surface area contributed by atoms with Crippen LogP contribution in [-0.2, 0) is 6.42 Å². The normalized spacial score (nSPS) is 17.8. The molecule has 1 heterocycles. The first-order valence-electron chi connectivity index (χ1n) is 7.67. The van der Waals surface area contributed by atoms with Crippen LogP contribution in [0, 0.1) is 0 Å². The van der Waals surface area contributed by atoms with Crippen LogP contribution in [0.25, 0.3) is 0 Å². The summed E-state index contributed by atoms with van der Waals surface area (Å²) in [6, 6.07) is 1.89. The molecular formula is C15H26N4O. The second-order valence-corrected chi connectivity index (χ2v) is 5.69. The van der Waals surface area contributed by atoms with Crippen LogP contribution in [0.2, 0.25) is 0 Å². The second-order valence-electron chi connectivity index (χ2n) is 5.69. The van der Waals surface area contributed by atoms with Crippen molar-refractivity contribution in [1.82, 2.24) is 9.97 Å². The monoisotopic (exact) mass is 278 g/mol. The average Bonchev–Trinajstić information content (AvgIpc) is 2.46. The quantitative estimate of drug-likeness (QED) is 0.746. The van der Waals surface area contributed by atoms with Crippen molar-refractivity contribution in [3.63, 3.8) is 0 Å². The van der Waals surface area contributed by atoms with Gasteiger partial charge in [0, 0.05) is 26.1 Å². The molecule has 1 fully saturated rings. The van der Waals surface area contributed by atoms with Gasteiger partial charge < -0.3 is 15.7 Å². The van der Waals surface area contributed by atoms with Crippen LogP contribution in [0.5, 0.6) is 0 Å². The topological polar surface area (TPSA) is 70.1 Å². The number of nitrogens with one attached hydrogen (secondary N) is 2. The molecule has 1 aromatic heterocycles. The van der Waals surface area contributed by atoms with E-state index < -0.39 is 5.60 Å². The molecule has 20 heavy (non-hydrogen) atoms. The Labute approximate surface area is 121 Å². The van der Waals surface area contributed by atoms with Crippen LogP contribution in [0.1, 0.15) is 51.3 Å². The maximum atomic E-state index is 10.5. The smallest absolute Gasteiger partial charge is 0.133 e. The van der Waals surface area contributed by atoms with E-state index in [9.17, 15) is 5.11 Å². The number of nitrogens with zero attached hydrogens (tertiary/aromatic N) is 2. The minimum Gasteiger partial charge on any atom is -0.388 e. The van der Waals surface area contributed by atoms with Crippen LogP contribution >= 0.6 is 0 Å². The summed E-state index contributed by atoms with van der Waals surface area (Å²) in [6.45, 7) is 2.69. The molecule has 0 unspecified atom stereocenters. The molecule has 0 aliphatic heterocycles. The van der Waals surface area contributed by atoms with Gasteiger partial charge in [0.25, 0.3) is 0 Å². The molecule has 0 bridgehead atoms. The van der Waals surface area contributed by atoms with Crippen LogP contribution in [0.15, 0.2) is 6.07 Å². The van der Waals surface area contributed by atoms with Crippen LogP contribution < -0.4 is 10.6 Å². The molecule has 5 heteroatoms. The summed E-state index contributed by atoms with van der Waals surface area (Å²) in [5.41, 5.74) is -0.575. The Morgan fingerprint density at radius 2 is 1.90 bits per heavy atom. The summed E-state index contributed by atoms with van der Waals surface area (Å²) in [4.78, 5) is 8.94. The fraction of sp³-hybridized carbons (Fsp3) is 0.733. The Morgan fingerprint density at radius 1 is 1.20 bits per heavy atom. The Bertz CT molecular complexity index is 430. The van der Waals surface area contributed by atoms with Gasteiger partial charge in [0.05, 0.1) is 5.60 Å². The van der Waals surface area contributed by atoms with Gasteiger partial charge in [-0.15, -0.1) is 0 Å². The fourth-order valence-electron chi connectivity index (χ4n) is 2.69. The zero-order valence-electron chi connectivity index (χ0n) is 12.6. The van der Waals surface area contributed by atoms with Gasteiger partial charge >= 0.3 is 0 Å².